The normalized spacial score (nSPS) is 24.9. The summed E-state index contributed by atoms with van der Waals surface area (Å²) in [6.07, 6.45) is 0.427. The third kappa shape index (κ3) is 4.48. The molecule has 5 nitrogen and oxygen atoms in total. The van der Waals surface area contributed by atoms with E-state index < -0.39 is 6.10 Å². The summed E-state index contributed by atoms with van der Waals surface area (Å²) in [6, 6.07) is 4.61. The van der Waals surface area contributed by atoms with Gasteiger partial charge in [0, 0.05) is 23.6 Å². The van der Waals surface area contributed by atoms with Gasteiger partial charge in [-0.05, 0) is 31.0 Å². The molecular weight excluding hydrogens is 317 g/mol. The number of amides is 1. The van der Waals surface area contributed by atoms with Gasteiger partial charge in [0.2, 0.25) is 0 Å². The number of carbonyl (C=O) groups is 1. The maximum Gasteiger partial charge on any atom is 0.258 e. The number of aliphatic hydroxyl groups excluding tert-OH is 2. The van der Waals surface area contributed by atoms with Crippen molar-refractivity contribution in [3.05, 3.63) is 28.2 Å². The van der Waals surface area contributed by atoms with Crippen LogP contribution in [-0.2, 0) is 4.79 Å². The van der Waals surface area contributed by atoms with Crippen LogP contribution in [0.1, 0.15) is 12.8 Å². The van der Waals surface area contributed by atoms with Gasteiger partial charge >= 0.3 is 0 Å². The molecule has 116 valence electrons. The summed E-state index contributed by atoms with van der Waals surface area (Å²) < 4.78 is 5.33. The van der Waals surface area contributed by atoms with E-state index in [1.807, 2.05) is 0 Å². The van der Waals surface area contributed by atoms with Gasteiger partial charge in [-0.15, -0.1) is 0 Å². The summed E-state index contributed by atoms with van der Waals surface area (Å²) in [5, 5.41) is 22.3. The van der Waals surface area contributed by atoms with Gasteiger partial charge in [0.25, 0.3) is 5.91 Å². The van der Waals surface area contributed by atoms with E-state index in [1.54, 1.807) is 12.1 Å². The van der Waals surface area contributed by atoms with E-state index in [-0.39, 0.29) is 31.1 Å². The maximum absolute atomic E-state index is 11.8. The summed E-state index contributed by atoms with van der Waals surface area (Å²) in [7, 11) is 0. The summed E-state index contributed by atoms with van der Waals surface area (Å²) >= 11 is 11.7. The number of benzene rings is 1. The number of halogens is 2. The minimum Gasteiger partial charge on any atom is -0.482 e. The van der Waals surface area contributed by atoms with Crippen molar-refractivity contribution in [2.45, 2.75) is 25.0 Å². The van der Waals surface area contributed by atoms with Crippen LogP contribution in [0.15, 0.2) is 18.2 Å². The van der Waals surface area contributed by atoms with Crippen molar-refractivity contribution >= 4 is 29.1 Å². The first-order valence-electron chi connectivity index (χ1n) is 6.65. The standard InChI is InChI=1S/C14H17Cl2NO4/c15-9-1-2-13(11(16)4-9)21-7-14(20)17-10-3-8(6-18)12(19)5-10/h1-2,4,8,10,12,18-19H,3,5-7H2,(H,17,20)/t8-,10+,12+/m0/s1. The molecule has 0 heterocycles. The van der Waals surface area contributed by atoms with Gasteiger partial charge in [-0.25, -0.2) is 0 Å². The van der Waals surface area contributed by atoms with Crippen LogP contribution in [0.25, 0.3) is 0 Å². The SMILES string of the molecule is O=C(COc1ccc(Cl)cc1Cl)N[C@@H]1C[C@@H](CO)[C@H](O)C1. The Morgan fingerprint density at radius 3 is 2.76 bits per heavy atom. The maximum atomic E-state index is 11.8. The van der Waals surface area contributed by atoms with E-state index in [1.165, 1.54) is 6.07 Å². The van der Waals surface area contributed by atoms with E-state index in [4.69, 9.17) is 33.0 Å². The van der Waals surface area contributed by atoms with Crippen LogP contribution in [0, 0.1) is 5.92 Å². The summed E-state index contributed by atoms with van der Waals surface area (Å²) in [4.78, 5) is 11.8. The minimum absolute atomic E-state index is 0.0789. The molecule has 1 aromatic rings. The molecule has 1 aliphatic carbocycles. The predicted molar refractivity (Wildman–Crippen MR) is 79.7 cm³/mol. The van der Waals surface area contributed by atoms with Crippen molar-refractivity contribution in [1.82, 2.24) is 5.32 Å². The highest BCUT2D eigenvalue weighted by atomic mass is 35.5. The van der Waals surface area contributed by atoms with Crippen LogP contribution in [0.3, 0.4) is 0 Å². The van der Waals surface area contributed by atoms with Crippen LogP contribution in [0.4, 0.5) is 0 Å². The number of hydrogen-bond acceptors (Lipinski definition) is 4. The van der Waals surface area contributed by atoms with E-state index >= 15 is 0 Å². The van der Waals surface area contributed by atoms with E-state index in [0.29, 0.717) is 28.6 Å². The van der Waals surface area contributed by atoms with Gasteiger partial charge in [0.1, 0.15) is 5.75 Å². The van der Waals surface area contributed by atoms with Gasteiger partial charge in [-0.2, -0.15) is 0 Å². The Morgan fingerprint density at radius 2 is 2.14 bits per heavy atom. The summed E-state index contributed by atoms with van der Waals surface area (Å²) in [5.41, 5.74) is 0. The molecule has 1 aromatic carbocycles. The molecule has 1 fully saturated rings. The highest BCUT2D eigenvalue weighted by molar-refractivity contribution is 6.35. The van der Waals surface area contributed by atoms with Crippen LogP contribution >= 0.6 is 23.2 Å². The van der Waals surface area contributed by atoms with Gasteiger partial charge in [0.15, 0.2) is 6.61 Å². The molecule has 0 unspecified atom stereocenters. The molecule has 3 atom stereocenters. The fourth-order valence-corrected chi connectivity index (χ4v) is 2.88. The molecule has 0 bridgehead atoms. The average molecular weight is 334 g/mol. The zero-order valence-corrected chi connectivity index (χ0v) is 12.8. The number of hydrogen-bond donors (Lipinski definition) is 3. The van der Waals surface area contributed by atoms with Gasteiger partial charge in [-0.1, -0.05) is 23.2 Å². The largest absolute Gasteiger partial charge is 0.482 e. The van der Waals surface area contributed by atoms with E-state index in [0.717, 1.165) is 0 Å². The van der Waals surface area contributed by atoms with Crippen molar-refractivity contribution < 1.29 is 19.7 Å². The summed E-state index contributed by atoms with van der Waals surface area (Å²) in [5.74, 6) is -0.0883. The van der Waals surface area contributed by atoms with E-state index in [2.05, 4.69) is 5.32 Å². The van der Waals surface area contributed by atoms with Gasteiger partial charge in [0.05, 0.1) is 11.1 Å². The zero-order valence-electron chi connectivity index (χ0n) is 11.3. The van der Waals surface area contributed by atoms with Gasteiger partial charge < -0.3 is 20.3 Å². The third-order valence-electron chi connectivity index (χ3n) is 3.51. The van der Waals surface area contributed by atoms with Gasteiger partial charge in [-0.3, -0.25) is 4.79 Å². The summed E-state index contributed by atoms with van der Waals surface area (Å²) in [6.45, 7) is -0.248. The van der Waals surface area contributed by atoms with E-state index in [9.17, 15) is 9.90 Å². The molecule has 0 saturated heterocycles. The topological polar surface area (TPSA) is 78.8 Å². The number of ether oxygens (including phenoxy) is 1. The van der Waals surface area contributed by atoms with Crippen molar-refractivity contribution in [3.63, 3.8) is 0 Å². The lowest BCUT2D eigenvalue weighted by Crippen LogP contribution is -2.36. The lowest BCUT2D eigenvalue weighted by molar-refractivity contribution is -0.123. The van der Waals surface area contributed by atoms with Crippen molar-refractivity contribution in [1.29, 1.82) is 0 Å². The molecule has 0 spiro atoms. The molecule has 3 N–H and O–H groups in total. The van der Waals surface area contributed by atoms with Crippen LogP contribution in [0.2, 0.25) is 10.0 Å². The smallest absolute Gasteiger partial charge is 0.258 e. The van der Waals surface area contributed by atoms with Crippen molar-refractivity contribution in [2.75, 3.05) is 13.2 Å². The number of rotatable bonds is 5. The highest BCUT2D eigenvalue weighted by Gasteiger charge is 2.33. The first-order chi connectivity index (χ1) is 9.99. The Kier molecular flexibility index (Phi) is 5.70. The lowest BCUT2D eigenvalue weighted by Gasteiger charge is -2.13. The molecule has 0 aromatic heterocycles. The van der Waals surface area contributed by atoms with Crippen LogP contribution in [0.5, 0.6) is 5.75 Å². The third-order valence-corrected chi connectivity index (χ3v) is 4.04. The molecule has 7 heteroatoms. The minimum atomic E-state index is -0.577. The highest BCUT2D eigenvalue weighted by Crippen LogP contribution is 2.28. The fourth-order valence-electron chi connectivity index (χ4n) is 2.42. The quantitative estimate of drug-likeness (QED) is 0.765. The Labute approximate surface area is 132 Å². The molecular formula is C14H17Cl2NO4. The molecule has 2 rings (SSSR count). The Bertz CT molecular complexity index is 512. The number of aliphatic hydroxyl groups is 2. The van der Waals surface area contributed by atoms with Crippen LogP contribution in [-0.4, -0.2) is 41.5 Å². The second-order valence-electron chi connectivity index (χ2n) is 5.11. The zero-order chi connectivity index (χ0) is 15.4. The Morgan fingerprint density at radius 1 is 1.38 bits per heavy atom. The monoisotopic (exact) mass is 333 g/mol. The fraction of sp³-hybridized carbons (Fsp3) is 0.500. The molecule has 1 saturated carbocycles. The molecule has 21 heavy (non-hydrogen) atoms. The molecule has 0 radical (unpaired) electrons. The lowest BCUT2D eigenvalue weighted by atomic mass is 10.1. The first-order valence-corrected chi connectivity index (χ1v) is 7.41. The predicted octanol–water partition coefficient (Wildman–Crippen LogP) is 1.62. The molecule has 1 aliphatic rings. The van der Waals surface area contributed by atoms with Crippen molar-refractivity contribution in [3.8, 4) is 5.75 Å². The molecule has 0 aliphatic heterocycles. The van der Waals surface area contributed by atoms with Crippen LogP contribution < -0.4 is 10.1 Å². The average Bonchev–Trinajstić information content (AvgIpc) is 2.77. The molecule has 1 amide bonds. The second kappa shape index (κ2) is 7.31. The Balaban J connectivity index is 1.80. The second-order valence-corrected chi connectivity index (χ2v) is 5.95. The Hall–Kier alpha value is -1.01. The van der Waals surface area contributed by atoms with Crippen molar-refractivity contribution in [2.24, 2.45) is 5.92 Å². The number of carbonyl (C=O) groups excluding carboxylic acids is 1. The number of nitrogens with one attached hydrogen (secondary N) is 1. The first kappa shape index (κ1) is 16.4.